The van der Waals surface area contributed by atoms with Gasteiger partial charge in [0.2, 0.25) is 0 Å². The monoisotopic (exact) mass is 314 g/mol. The lowest BCUT2D eigenvalue weighted by Gasteiger charge is -2.01. The minimum Gasteiger partial charge on any atom is -0.465 e. The van der Waals surface area contributed by atoms with Gasteiger partial charge in [0.25, 0.3) is 0 Å². The Kier molecular flexibility index (Phi) is 17.2. The molecule has 0 aliphatic carbocycles. The smallest absolute Gasteiger partial charge is 0.305 e. The van der Waals surface area contributed by atoms with Crippen molar-refractivity contribution < 1.29 is 9.53 Å². The minimum absolute atomic E-state index is 0.0869. The minimum atomic E-state index is -0.0869. The highest BCUT2D eigenvalue weighted by Gasteiger charge is 2.00. The van der Waals surface area contributed by atoms with Gasteiger partial charge >= 0.3 is 5.97 Å². The van der Waals surface area contributed by atoms with Crippen molar-refractivity contribution in [2.24, 2.45) is 0 Å². The maximum Gasteiger partial charge on any atom is 0.305 e. The van der Waals surface area contributed by atoms with Gasteiger partial charge in [-0.2, -0.15) is 12.6 Å². The second kappa shape index (κ2) is 17.6. The van der Waals surface area contributed by atoms with E-state index in [9.17, 15) is 4.79 Å². The van der Waals surface area contributed by atoms with Crippen LogP contribution in [-0.4, -0.2) is 18.3 Å². The molecule has 0 bridgehead atoms. The van der Waals surface area contributed by atoms with Gasteiger partial charge in [0.15, 0.2) is 0 Å². The van der Waals surface area contributed by atoms with Gasteiger partial charge < -0.3 is 4.74 Å². The molecule has 0 aromatic heterocycles. The Balaban J connectivity index is 3.17. The van der Waals surface area contributed by atoms with E-state index in [-0.39, 0.29) is 5.97 Å². The van der Waals surface area contributed by atoms with Crippen LogP contribution < -0.4 is 0 Å². The number of carbonyl (C=O) groups excluding carboxylic acids is 1. The van der Waals surface area contributed by atoms with Crippen LogP contribution in [0.4, 0.5) is 0 Å². The van der Waals surface area contributed by atoms with Crippen molar-refractivity contribution in [1.82, 2.24) is 0 Å². The van der Waals surface area contributed by atoms with Crippen molar-refractivity contribution in [3.05, 3.63) is 12.2 Å². The van der Waals surface area contributed by atoms with Gasteiger partial charge in [0.1, 0.15) is 6.61 Å². The lowest BCUT2D eigenvalue weighted by molar-refractivity contribution is -0.143. The Hall–Kier alpha value is -0.440. The molecule has 124 valence electrons. The highest BCUT2D eigenvalue weighted by molar-refractivity contribution is 7.80. The first-order chi connectivity index (χ1) is 10.3. The van der Waals surface area contributed by atoms with Crippen LogP contribution >= 0.6 is 12.6 Å². The quantitative estimate of drug-likeness (QED) is 0.181. The predicted octanol–water partition coefficient (Wildman–Crippen LogP) is 5.72. The topological polar surface area (TPSA) is 26.3 Å². The molecule has 0 saturated heterocycles. The third kappa shape index (κ3) is 17.5. The zero-order valence-corrected chi connectivity index (χ0v) is 14.7. The Morgan fingerprint density at radius 3 is 2.10 bits per heavy atom. The van der Waals surface area contributed by atoms with Crippen LogP contribution in [0.3, 0.4) is 0 Å². The van der Waals surface area contributed by atoms with Gasteiger partial charge in [-0.05, 0) is 32.1 Å². The summed E-state index contributed by atoms with van der Waals surface area (Å²) in [6.45, 7) is 2.69. The molecule has 3 heteroatoms. The third-order valence-electron chi connectivity index (χ3n) is 3.50. The molecule has 0 aromatic carbocycles. The maximum absolute atomic E-state index is 11.2. The van der Waals surface area contributed by atoms with Gasteiger partial charge in [-0.1, -0.05) is 57.6 Å². The summed E-state index contributed by atoms with van der Waals surface area (Å²) in [5, 5.41) is 0. The van der Waals surface area contributed by atoms with E-state index in [0.717, 1.165) is 19.3 Å². The average Bonchev–Trinajstić information content (AvgIpc) is 2.49. The first-order valence-electron chi connectivity index (χ1n) is 8.72. The molecule has 21 heavy (non-hydrogen) atoms. The van der Waals surface area contributed by atoms with Gasteiger partial charge in [0, 0.05) is 12.2 Å². The van der Waals surface area contributed by atoms with Crippen LogP contribution in [-0.2, 0) is 9.53 Å². The number of allylic oxidation sites excluding steroid dienone is 2. The molecule has 0 fully saturated rings. The fourth-order valence-electron chi connectivity index (χ4n) is 2.22. The summed E-state index contributed by atoms with van der Waals surface area (Å²) in [6.07, 6.45) is 19.0. The maximum atomic E-state index is 11.2. The number of thiol groups is 1. The van der Waals surface area contributed by atoms with Crippen molar-refractivity contribution in [2.45, 2.75) is 84.0 Å². The average molecular weight is 315 g/mol. The van der Waals surface area contributed by atoms with Gasteiger partial charge in [0.05, 0.1) is 0 Å². The summed E-state index contributed by atoms with van der Waals surface area (Å²) >= 11 is 4.00. The SMILES string of the molecule is CCCCCCCCC/C=C/CCCCC(=O)OCCS. The Bertz CT molecular complexity index is 252. The first-order valence-corrected chi connectivity index (χ1v) is 9.36. The molecule has 2 nitrogen and oxygen atoms in total. The number of hydrogen-bond acceptors (Lipinski definition) is 3. The van der Waals surface area contributed by atoms with Gasteiger partial charge in [-0.15, -0.1) is 0 Å². The van der Waals surface area contributed by atoms with E-state index in [1.165, 1.54) is 51.4 Å². The summed E-state index contributed by atoms with van der Waals surface area (Å²) in [5.41, 5.74) is 0. The Labute approximate surface area is 137 Å². The van der Waals surface area contributed by atoms with Crippen LogP contribution in [0.15, 0.2) is 12.2 Å². The molecule has 0 amide bonds. The van der Waals surface area contributed by atoms with Gasteiger partial charge in [-0.25, -0.2) is 0 Å². The number of hydrogen-bond donors (Lipinski definition) is 1. The number of esters is 1. The molecule has 0 aliphatic rings. The van der Waals surface area contributed by atoms with Gasteiger partial charge in [-0.3, -0.25) is 4.79 Å². The van der Waals surface area contributed by atoms with E-state index in [0.29, 0.717) is 18.8 Å². The molecule has 0 aromatic rings. The van der Waals surface area contributed by atoms with Crippen molar-refractivity contribution in [1.29, 1.82) is 0 Å². The number of carbonyl (C=O) groups is 1. The fraction of sp³-hybridized carbons (Fsp3) is 0.833. The van der Waals surface area contributed by atoms with Crippen LogP contribution in [0.25, 0.3) is 0 Å². The zero-order valence-electron chi connectivity index (χ0n) is 13.8. The van der Waals surface area contributed by atoms with E-state index in [4.69, 9.17) is 4.74 Å². The van der Waals surface area contributed by atoms with Crippen LogP contribution in [0, 0.1) is 0 Å². The summed E-state index contributed by atoms with van der Waals surface area (Å²) in [4.78, 5) is 11.2. The second-order valence-electron chi connectivity index (χ2n) is 5.57. The Morgan fingerprint density at radius 1 is 0.905 bits per heavy atom. The zero-order chi connectivity index (χ0) is 15.6. The molecule has 0 unspecified atom stereocenters. The highest BCUT2D eigenvalue weighted by Crippen LogP contribution is 2.09. The standard InChI is InChI=1S/C18H34O2S/c1-2-3-4-5-6-7-8-9-10-11-12-13-14-15-18(19)20-16-17-21/h10-11,21H,2-9,12-17H2,1H3/b11-10+. The molecule has 0 heterocycles. The summed E-state index contributed by atoms with van der Waals surface area (Å²) in [6, 6.07) is 0. The van der Waals surface area contributed by atoms with E-state index >= 15 is 0 Å². The molecule has 0 radical (unpaired) electrons. The summed E-state index contributed by atoms with van der Waals surface area (Å²) in [7, 11) is 0. The lowest BCUT2D eigenvalue weighted by atomic mass is 10.1. The van der Waals surface area contributed by atoms with Crippen molar-refractivity contribution in [3.8, 4) is 0 Å². The third-order valence-corrected chi connectivity index (χ3v) is 3.68. The normalized spacial score (nSPS) is 11.1. The number of unbranched alkanes of at least 4 members (excludes halogenated alkanes) is 9. The molecule has 0 spiro atoms. The number of ether oxygens (including phenoxy) is 1. The molecule has 0 N–H and O–H groups in total. The molecule has 0 aliphatic heterocycles. The van der Waals surface area contributed by atoms with E-state index in [1.54, 1.807) is 0 Å². The molecule has 0 rings (SSSR count). The fourth-order valence-corrected chi connectivity index (χ4v) is 2.31. The van der Waals surface area contributed by atoms with Crippen molar-refractivity contribution in [3.63, 3.8) is 0 Å². The van der Waals surface area contributed by atoms with Crippen LogP contribution in [0.5, 0.6) is 0 Å². The van der Waals surface area contributed by atoms with E-state index < -0.39 is 0 Å². The first kappa shape index (κ1) is 20.6. The predicted molar refractivity (Wildman–Crippen MR) is 95.0 cm³/mol. The molecular weight excluding hydrogens is 280 g/mol. The lowest BCUT2D eigenvalue weighted by Crippen LogP contribution is -2.06. The van der Waals surface area contributed by atoms with Crippen molar-refractivity contribution >= 4 is 18.6 Å². The summed E-state index contributed by atoms with van der Waals surface area (Å²) < 4.78 is 4.96. The van der Waals surface area contributed by atoms with Crippen LogP contribution in [0.2, 0.25) is 0 Å². The molecule has 0 atom stereocenters. The molecule has 0 saturated carbocycles. The Morgan fingerprint density at radius 2 is 1.48 bits per heavy atom. The number of rotatable bonds is 15. The van der Waals surface area contributed by atoms with E-state index in [1.807, 2.05) is 0 Å². The largest absolute Gasteiger partial charge is 0.465 e. The van der Waals surface area contributed by atoms with Crippen molar-refractivity contribution in [2.75, 3.05) is 12.4 Å². The molecular formula is C18H34O2S. The van der Waals surface area contributed by atoms with E-state index in [2.05, 4.69) is 31.7 Å². The van der Waals surface area contributed by atoms with Crippen LogP contribution in [0.1, 0.15) is 84.0 Å². The highest BCUT2D eigenvalue weighted by atomic mass is 32.1. The second-order valence-corrected chi connectivity index (χ2v) is 6.02. The summed E-state index contributed by atoms with van der Waals surface area (Å²) in [5.74, 6) is 0.517.